The Morgan fingerprint density at radius 1 is 1.47 bits per heavy atom. The SMILES string of the molecule is CC(C)c1cc(C#N)cnc1N1CCC1. The number of aromatic nitrogens is 1. The number of nitriles is 1. The zero-order valence-electron chi connectivity index (χ0n) is 9.20. The molecule has 0 saturated carbocycles. The van der Waals surface area contributed by atoms with Crippen LogP contribution in [-0.4, -0.2) is 18.1 Å². The highest BCUT2D eigenvalue weighted by molar-refractivity contribution is 5.52. The highest BCUT2D eigenvalue weighted by Crippen LogP contribution is 2.28. The van der Waals surface area contributed by atoms with Crippen molar-refractivity contribution in [3.05, 3.63) is 23.4 Å². The number of pyridine rings is 1. The normalized spacial score (nSPS) is 14.9. The molecule has 1 saturated heterocycles. The zero-order valence-corrected chi connectivity index (χ0v) is 9.20. The molecule has 3 heteroatoms. The van der Waals surface area contributed by atoms with Gasteiger partial charge in [0, 0.05) is 19.3 Å². The minimum absolute atomic E-state index is 0.418. The quantitative estimate of drug-likeness (QED) is 0.737. The maximum Gasteiger partial charge on any atom is 0.132 e. The molecule has 3 nitrogen and oxygen atoms in total. The summed E-state index contributed by atoms with van der Waals surface area (Å²) in [6.45, 7) is 6.47. The van der Waals surface area contributed by atoms with Crippen LogP contribution < -0.4 is 4.90 Å². The Morgan fingerprint density at radius 3 is 2.67 bits per heavy atom. The monoisotopic (exact) mass is 201 g/mol. The molecule has 0 bridgehead atoms. The van der Waals surface area contributed by atoms with Crippen molar-refractivity contribution in [1.29, 1.82) is 5.26 Å². The van der Waals surface area contributed by atoms with E-state index in [4.69, 9.17) is 5.26 Å². The van der Waals surface area contributed by atoms with Gasteiger partial charge in [0.25, 0.3) is 0 Å². The van der Waals surface area contributed by atoms with Crippen molar-refractivity contribution in [3.63, 3.8) is 0 Å². The maximum atomic E-state index is 8.84. The minimum atomic E-state index is 0.418. The lowest BCUT2D eigenvalue weighted by molar-refractivity contribution is 0.603. The van der Waals surface area contributed by atoms with Gasteiger partial charge in [-0.3, -0.25) is 0 Å². The molecule has 2 heterocycles. The summed E-state index contributed by atoms with van der Waals surface area (Å²) in [6.07, 6.45) is 2.92. The molecule has 1 aliphatic rings. The second kappa shape index (κ2) is 3.90. The third kappa shape index (κ3) is 1.80. The van der Waals surface area contributed by atoms with Gasteiger partial charge in [-0.2, -0.15) is 5.26 Å². The van der Waals surface area contributed by atoms with E-state index in [1.807, 2.05) is 6.07 Å². The summed E-state index contributed by atoms with van der Waals surface area (Å²) in [5.74, 6) is 1.48. The van der Waals surface area contributed by atoms with Crippen LogP contribution in [0.1, 0.15) is 37.3 Å². The molecule has 1 fully saturated rings. The predicted octanol–water partition coefficient (Wildman–Crippen LogP) is 2.29. The molecule has 0 radical (unpaired) electrons. The van der Waals surface area contributed by atoms with Crippen molar-refractivity contribution in [3.8, 4) is 6.07 Å². The second-order valence-electron chi connectivity index (χ2n) is 4.24. The molecule has 1 aromatic heterocycles. The average molecular weight is 201 g/mol. The Hall–Kier alpha value is -1.56. The van der Waals surface area contributed by atoms with E-state index in [0.717, 1.165) is 18.9 Å². The first kappa shape index (κ1) is 9.97. The van der Waals surface area contributed by atoms with E-state index >= 15 is 0 Å². The van der Waals surface area contributed by atoms with Crippen LogP contribution in [0.15, 0.2) is 12.3 Å². The Labute approximate surface area is 90.4 Å². The summed E-state index contributed by atoms with van der Waals surface area (Å²) >= 11 is 0. The molecule has 0 atom stereocenters. The number of hydrogen-bond acceptors (Lipinski definition) is 3. The van der Waals surface area contributed by atoms with Crippen LogP contribution in [0.5, 0.6) is 0 Å². The lowest BCUT2D eigenvalue weighted by Crippen LogP contribution is -2.38. The summed E-state index contributed by atoms with van der Waals surface area (Å²) in [6, 6.07) is 4.11. The van der Waals surface area contributed by atoms with Crippen LogP contribution in [0.4, 0.5) is 5.82 Å². The molecule has 15 heavy (non-hydrogen) atoms. The standard InChI is InChI=1S/C12H15N3/c1-9(2)11-6-10(7-13)8-14-12(11)15-4-3-5-15/h6,8-9H,3-5H2,1-2H3. The number of nitrogens with zero attached hydrogens (tertiary/aromatic N) is 3. The number of rotatable bonds is 2. The second-order valence-corrected chi connectivity index (χ2v) is 4.24. The van der Waals surface area contributed by atoms with Crippen molar-refractivity contribution in [2.24, 2.45) is 0 Å². The van der Waals surface area contributed by atoms with Gasteiger partial charge in [0.15, 0.2) is 0 Å². The van der Waals surface area contributed by atoms with Crippen LogP contribution in [0.25, 0.3) is 0 Å². The largest absolute Gasteiger partial charge is 0.356 e. The van der Waals surface area contributed by atoms with Crippen LogP contribution in [0.3, 0.4) is 0 Å². The van der Waals surface area contributed by atoms with Crippen LogP contribution >= 0.6 is 0 Å². The van der Waals surface area contributed by atoms with Gasteiger partial charge in [0.1, 0.15) is 11.9 Å². The lowest BCUT2D eigenvalue weighted by atomic mass is 10.0. The van der Waals surface area contributed by atoms with Crippen molar-refractivity contribution in [2.75, 3.05) is 18.0 Å². The summed E-state index contributed by atoms with van der Waals surface area (Å²) in [5.41, 5.74) is 1.84. The summed E-state index contributed by atoms with van der Waals surface area (Å²) in [7, 11) is 0. The van der Waals surface area contributed by atoms with Gasteiger partial charge in [-0.25, -0.2) is 4.98 Å². The van der Waals surface area contributed by atoms with Crippen LogP contribution in [0.2, 0.25) is 0 Å². The first-order valence-electron chi connectivity index (χ1n) is 5.37. The zero-order chi connectivity index (χ0) is 10.8. The van der Waals surface area contributed by atoms with E-state index in [1.165, 1.54) is 12.0 Å². The van der Waals surface area contributed by atoms with Gasteiger partial charge in [-0.15, -0.1) is 0 Å². The highest BCUT2D eigenvalue weighted by Gasteiger charge is 2.20. The number of hydrogen-bond donors (Lipinski definition) is 0. The molecule has 1 aliphatic heterocycles. The molecular formula is C12H15N3. The van der Waals surface area contributed by atoms with Crippen molar-refractivity contribution < 1.29 is 0 Å². The van der Waals surface area contributed by atoms with Crippen molar-refractivity contribution in [2.45, 2.75) is 26.2 Å². The summed E-state index contributed by atoms with van der Waals surface area (Å²) < 4.78 is 0. The van der Waals surface area contributed by atoms with Gasteiger partial charge in [0.05, 0.1) is 5.56 Å². The Kier molecular flexibility index (Phi) is 2.59. The smallest absolute Gasteiger partial charge is 0.132 e. The van der Waals surface area contributed by atoms with E-state index in [0.29, 0.717) is 11.5 Å². The molecule has 2 rings (SSSR count). The van der Waals surface area contributed by atoms with Crippen molar-refractivity contribution >= 4 is 5.82 Å². The number of anilines is 1. The molecule has 0 amide bonds. The topological polar surface area (TPSA) is 39.9 Å². The molecule has 0 N–H and O–H groups in total. The Balaban J connectivity index is 2.40. The van der Waals surface area contributed by atoms with Gasteiger partial charge in [0.2, 0.25) is 0 Å². The van der Waals surface area contributed by atoms with E-state index in [2.05, 4.69) is 29.8 Å². The molecule has 0 unspecified atom stereocenters. The molecule has 0 aromatic carbocycles. The van der Waals surface area contributed by atoms with E-state index in [-0.39, 0.29) is 0 Å². The molecule has 0 spiro atoms. The fraction of sp³-hybridized carbons (Fsp3) is 0.500. The summed E-state index contributed by atoms with van der Waals surface area (Å²) in [4.78, 5) is 6.67. The predicted molar refractivity (Wildman–Crippen MR) is 59.9 cm³/mol. The molecule has 0 aliphatic carbocycles. The van der Waals surface area contributed by atoms with E-state index in [9.17, 15) is 0 Å². The van der Waals surface area contributed by atoms with Crippen LogP contribution in [-0.2, 0) is 0 Å². The van der Waals surface area contributed by atoms with Crippen molar-refractivity contribution in [1.82, 2.24) is 4.98 Å². The van der Waals surface area contributed by atoms with Gasteiger partial charge >= 0.3 is 0 Å². The fourth-order valence-corrected chi connectivity index (χ4v) is 1.75. The van der Waals surface area contributed by atoms with Gasteiger partial charge < -0.3 is 4.90 Å². The van der Waals surface area contributed by atoms with E-state index < -0.39 is 0 Å². The highest BCUT2D eigenvalue weighted by atomic mass is 15.2. The minimum Gasteiger partial charge on any atom is -0.356 e. The average Bonchev–Trinajstić information content (AvgIpc) is 2.15. The lowest BCUT2D eigenvalue weighted by Gasteiger charge is -2.34. The van der Waals surface area contributed by atoms with Gasteiger partial charge in [-0.1, -0.05) is 13.8 Å². The Bertz CT molecular complexity index is 400. The molecule has 1 aromatic rings. The third-order valence-corrected chi connectivity index (χ3v) is 2.80. The maximum absolute atomic E-state index is 8.84. The van der Waals surface area contributed by atoms with Gasteiger partial charge in [-0.05, 0) is 24.0 Å². The molecular weight excluding hydrogens is 186 g/mol. The first-order valence-corrected chi connectivity index (χ1v) is 5.37. The fourth-order valence-electron chi connectivity index (χ4n) is 1.75. The molecule has 78 valence electrons. The first-order chi connectivity index (χ1) is 7.22. The third-order valence-electron chi connectivity index (χ3n) is 2.80. The van der Waals surface area contributed by atoms with Crippen LogP contribution in [0, 0.1) is 11.3 Å². The van der Waals surface area contributed by atoms with E-state index in [1.54, 1.807) is 6.20 Å². The Morgan fingerprint density at radius 2 is 2.20 bits per heavy atom. The summed E-state index contributed by atoms with van der Waals surface area (Å²) in [5, 5.41) is 8.84.